The first kappa shape index (κ1) is 13.8. The number of ether oxygens (including phenoxy) is 1. The Kier molecular flexibility index (Phi) is 4.33. The van der Waals surface area contributed by atoms with Gasteiger partial charge in [-0.1, -0.05) is 12.8 Å². The standard InChI is InChI=1S/C11H20N6O2/c1-17(7-5-3-4-6-8(7)18)10-13-9(16-12)14-11(15-10)19-2/h7-8,18H,3-6,12H2,1-2H3,(H,13,14,15,16). The molecule has 0 aliphatic heterocycles. The molecule has 2 unspecified atom stereocenters. The molecule has 19 heavy (non-hydrogen) atoms. The van der Waals surface area contributed by atoms with Gasteiger partial charge in [0.05, 0.1) is 19.3 Å². The highest BCUT2D eigenvalue weighted by atomic mass is 16.5. The van der Waals surface area contributed by atoms with Gasteiger partial charge in [0, 0.05) is 7.05 Å². The number of anilines is 2. The number of aliphatic hydroxyl groups excluding tert-OH is 1. The van der Waals surface area contributed by atoms with Gasteiger partial charge < -0.3 is 14.7 Å². The van der Waals surface area contributed by atoms with Gasteiger partial charge in [0.2, 0.25) is 11.9 Å². The Labute approximate surface area is 112 Å². The van der Waals surface area contributed by atoms with Crippen LogP contribution in [0.5, 0.6) is 6.01 Å². The summed E-state index contributed by atoms with van der Waals surface area (Å²) in [6.07, 6.45) is 3.50. The molecule has 2 rings (SSSR count). The molecule has 1 saturated carbocycles. The zero-order valence-electron chi connectivity index (χ0n) is 11.2. The Morgan fingerprint density at radius 1 is 1.32 bits per heavy atom. The maximum atomic E-state index is 10.1. The van der Waals surface area contributed by atoms with Crippen LogP contribution >= 0.6 is 0 Å². The Balaban J connectivity index is 2.24. The van der Waals surface area contributed by atoms with Crippen LogP contribution in [0.2, 0.25) is 0 Å². The Hall–Kier alpha value is -1.67. The second-order valence-electron chi connectivity index (χ2n) is 4.62. The van der Waals surface area contributed by atoms with E-state index in [9.17, 15) is 5.11 Å². The Morgan fingerprint density at radius 3 is 2.68 bits per heavy atom. The van der Waals surface area contributed by atoms with Crippen LogP contribution in [0.25, 0.3) is 0 Å². The number of nitrogens with one attached hydrogen (secondary N) is 1. The molecule has 0 spiro atoms. The summed E-state index contributed by atoms with van der Waals surface area (Å²) in [5.41, 5.74) is 2.38. The number of methoxy groups -OCH3 is 1. The summed E-state index contributed by atoms with van der Waals surface area (Å²) < 4.78 is 5.01. The lowest BCUT2D eigenvalue weighted by atomic mass is 9.92. The first-order valence-electron chi connectivity index (χ1n) is 6.33. The van der Waals surface area contributed by atoms with Gasteiger partial charge in [-0.2, -0.15) is 15.0 Å². The summed E-state index contributed by atoms with van der Waals surface area (Å²) in [7, 11) is 3.34. The van der Waals surface area contributed by atoms with Gasteiger partial charge in [-0.25, -0.2) is 5.84 Å². The van der Waals surface area contributed by atoms with Gasteiger partial charge in [-0.05, 0) is 12.8 Å². The van der Waals surface area contributed by atoms with Crippen LogP contribution in [0.15, 0.2) is 0 Å². The third-order valence-corrected chi connectivity index (χ3v) is 3.42. The minimum Gasteiger partial charge on any atom is -0.467 e. The van der Waals surface area contributed by atoms with E-state index >= 15 is 0 Å². The summed E-state index contributed by atoms with van der Waals surface area (Å²) >= 11 is 0. The van der Waals surface area contributed by atoms with Gasteiger partial charge in [0.15, 0.2) is 0 Å². The van der Waals surface area contributed by atoms with E-state index in [0.717, 1.165) is 25.7 Å². The summed E-state index contributed by atoms with van der Waals surface area (Å²) in [6, 6.07) is 0.196. The fraction of sp³-hybridized carbons (Fsp3) is 0.727. The number of aliphatic hydroxyl groups is 1. The van der Waals surface area contributed by atoms with Crippen molar-refractivity contribution in [3.63, 3.8) is 0 Å². The van der Waals surface area contributed by atoms with Crippen molar-refractivity contribution in [1.82, 2.24) is 15.0 Å². The van der Waals surface area contributed by atoms with Crippen LogP contribution in [-0.4, -0.2) is 46.4 Å². The number of nitrogen functional groups attached to an aromatic ring is 1. The molecule has 8 heteroatoms. The molecule has 1 heterocycles. The highest BCUT2D eigenvalue weighted by molar-refractivity contribution is 5.38. The Bertz CT molecular complexity index is 407. The normalized spacial score (nSPS) is 22.9. The van der Waals surface area contributed by atoms with Crippen molar-refractivity contribution in [2.45, 2.75) is 37.8 Å². The van der Waals surface area contributed by atoms with Crippen molar-refractivity contribution < 1.29 is 9.84 Å². The molecule has 0 amide bonds. The highest BCUT2D eigenvalue weighted by Gasteiger charge is 2.28. The number of rotatable bonds is 4. The summed E-state index contributed by atoms with van der Waals surface area (Å²) in [5.74, 6) is 5.99. The third-order valence-electron chi connectivity index (χ3n) is 3.42. The van der Waals surface area contributed by atoms with Crippen LogP contribution in [-0.2, 0) is 0 Å². The second kappa shape index (κ2) is 5.98. The van der Waals surface area contributed by atoms with Crippen LogP contribution in [0, 0.1) is 0 Å². The topological polar surface area (TPSA) is 109 Å². The van der Waals surface area contributed by atoms with Crippen molar-refractivity contribution in [3.05, 3.63) is 0 Å². The number of hydrogen-bond donors (Lipinski definition) is 3. The third kappa shape index (κ3) is 3.02. The largest absolute Gasteiger partial charge is 0.467 e. The molecular weight excluding hydrogens is 248 g/mol. The fourth-order valence-electron chi connectivity index (χ4n) is 2.35. The lowest BCUT2D eigenvalue weighted by Crippen LogP contribution is -2.44. The van der Waals surface area contributed by atoms with Crippen LogP contribution in [0.4, 0.5) is 11.9 Å². The summed E-state index contributed by atoms with van der Waals surface area (Å²) in [4.78, 5) is 14.2. The predicted molar refractivity (Wildman–Crippen MR) is 70.9 cm³/mol. The predicted octanol–water partition coefficient (Wildman–Crippen LogP) is -0.0945. The first-order chi connectivity index (χ1) is 9.15. The molecule has 1 fully saturated rings. The quantitative estimate of drug-likeness (QED) is 0.513. The maximum Gasteiger partial charge on any atom is 0.322 e. The van der Waals surface area contributed by atoms with Crippen LogP contribution in [0.1, 0.15) is 25.7 Å². The van der Waals surface area contributed by atoms with E-state index in [0.29, 0.717) is 5.95 Å². The van der Waals surface area contributed by atoms with Crippen molar-refractivity contribution in [1.29, 1.82) is 0 Å². The van der Waals surface area contributed by atoms with Crippen molar-refractivity contribution >= 4 is 11.9 Å². The monoisotopic (exact) mass is 268 g/mol. The number of hydrazine groups is 1. The van der Waals surface area contributed by atoms with E-state index in [2.05, 4.69) is 20.4 Å². The smallest absolute Gasteiger partial charge is 0.322 e. The van der Waals surface area contributed by atoms with Gasteiger partial charge in [-0.3, -0.25) is 5.43 Å². The van der Waals surface area contributed by atoms with Crippen molar-refractivity contribution in [2.24, 2.45) is 5.84 Å². The van der Waals surface area contributed by atoms with E-state index in [1.54, 1.807) is 0 Å². The SMILES string of the molecule is COc1nc(NN)nc(N(C)C2CCCCC2O)n1. The van der Waals surface area contributed by atoms with E-state index in [-0.39, 0.29) is 24.1 Å². The molecule has 0 saturated heterocycles. The van der Waals surface area contributed by atoms with Gasteiger partial charge in [0.1, 0.15) is 0 Å². The molecule has 8 nitrogen and oxygen atoms in total. The molecule has 0 aromatic carbocycles. The van der Waals surface area contributed by atoms with E-state index < -0.39 is 0 Å². The lowest BCUT2D eigenvalue weighted by Gasteiger charge is -2.35. The molecule has 2 atom stereocenters. The number of likely N-dealkylation sites (N-methyl/N-ethyl adjacent to an activating group) is 1. The van der Waals surface area contributed by atoms with Crippen molar-refractivity contribution in [3.8, 4) is 6.01 Å². The van der Waals surface area contributed by atoms with E-state index in [1.165, 1.54) is 7.11 Å². The highest BCUT2D eigenvalue weighted by Crippen LogP contribution is 2.25. The molecule has 1 aliphatic rings. The van der Waals surface area contributed by atoms with Gasteiger partial charge >= 0.3 is 6.01 Å². The number of nitrogens with zero attached hydrogens (tertiary/aromatic N) is 4. The van der Waals surface area contributed by atoms with Crippen LogP contribution in [0.3, 0.4) is 0 Å². The van der Waals surface area contributed by atoms with Gasteiger partial charge in [-0.15, -0.1) is 0 Å². The van der Waals surface area contributed by atoms with E-state index in [4.69, 9.17) is 10.6 Å². The molecule has 1 aliphatic carbocycles. The molecule has 0 radical (unpaired) electrons. The Morgan fingerprint density at radius 2 is 2.05 bits per heavy atom. The van der Waals surface area contributed by atoms with E-state index in [1.807, 2.05) is 11.9 Å². The minimum atomic E-state index is -0.365. The zero-order chi connectivity index (χ0) is 13.8. The first-order valence-corrected chi connectivity index (χ1v) is 6.33. The minimum absolute atomic E-state index is 0.00600. The molecule has 0 bridgehead atoms. The molecule has 1 aromatic heterocycles. The number of aromatic nitrogens is 3. The van der Waals surface area contributed by atoms with Crippen molar-refractivity contribution in [2.75, 3.05) is 24.5 Å². The molecular formula is C11H20N6O2. The number of nitrogens with two attached hydrogens (primary N) is 1. The summed E-state index contributed by atoms with van der Waals surface area (Å²) in [5, 5.41) is 10.1. The lowest BCUT2D eigenvalue weighted by molar-refractivity contribution is 0.105. The maximum absolute atomic E-state index is 10.1. The molecule has 106 valence electrons. The molecule has 1 aromatic rings. The fourth-order valence-corrected chi connectivity index (χ4v) is 2.35. The number of hydrogen-bond acceptors (Lipinski definition) is 8. The average Bonchev–Trinajstić information content (AvgIpc) is 2.46. The van der Waals surface area contributed by atoms with Gasteiger partial charge in [0.25, 0.3) is 0 Å². The zero-order valence-corrected chi connectivity index (χ0v) is 11.2. The molecule has 4 N–H and O–H groups in total. The van der Waals surface area contributed by atoms with Crippen LogP contribution < -0.4 is 20.9 Å². The average molecular weight is 268 g/mol. The summed E-state index contributed by atoms with van der Waals surface area (Å²) in [6.45, 7) is 0. The second-order valence-corrected chi connectivity index (χ2v) is 4.62.